The maximum absolute atomic E-state index is 13.0. The molecule has 0 bridgehead atoms. The molecule has 0 atom stereocenters. The largest absolute Gasteiger partial charge is 0.321 e. The van der Waals surface area contributed by atoms with Gasteiger partial charge in [0.25, 0.3) is 11.6 Å². The molecule has 0 saturated carbocycles. The number of amides is 1. The normalized spacial score (nSPS) is 10.1. The van der Waals surface area contributed by atoms with E-state index in [4.69, 9.17) is 0 Å². The van der Waals surface area contributed by atoms with Crippen LogP contribution in [0.1, 0.15) is 10.4 Å². The molecule has 5 nitrogen and oxygen atoms in total. The Morgan fingerprint density at radius 2 is 1.95 bits per heavy atom. The van der Waals surface area contributed by atoms with Crippen LogP contribution in [0.5, 0.6) is 0 Å². The second-order valence-corrected chi connectivity index (χ2v) is 5.01. The molecule has 7 heteroatoms. The van der Waals surface area contributed by atoms with Crippen LogP contribution in [0.3, 0.4) is 0 Å². The van der Waals surface area contributed by atoms with Crippen molar-refractivity contribution in [3.8, 4) is 0 Å². The lowest BCUT2D eigenvalue weighted by molar-refractivity contribution is -0.385. The number of rotatable bonds is 3. The van der Waals surface area contributed by atoms with Crippen molar-refractivity contribution in [3.05, 3.63) is 67.5 Å². The predicted molar refractivity (Wildman–Crippen MR) is 80.2 cm³/mol. The van der Waals surface area contributed by atoms with Gasteiger partial charge in [-0.25, -0.2) is 4.39 Å². The fourth-order valence-corrected chi connectivity index (χ4v) is 2.22. The summed E-state index contributed by atoms with van der Waals surface area (Å²) >= 11 is 1.87. The molecule has 2 aromatic carbocycles. The summed E-state index contributed by atoms with van der Waals surface area (Å²) in [4.78, 5) is 22.3. The van der Waals surface area contributed by atoms with Gasteiger partial charge < -0.3 is 5.32 Å². The Hall–Kier alpha value is -2.03. The minimum Gasteiger partial charge on any atom is -0.321 e. The average Bonchev–Trinajstić information content (AvgIpc) is 2.41. The third-order valence-corrected chi connectivity index (χ3v) is 3.42. The number of nitrogens with one attached hydrogen (secondary N) is 1. The van der Waals surface area contributed by atoms with Gasteiger partial charge in [-0.2, -0.15) is 0 Å². The van der Waals surface area contributed by atoms with Gasteiger partial charge in [-0.05, 0) is 46.9 Å². The minimum absolute atomic E-state index is 0.0439. The third kappa shape index (κ3) is 3.10. The molecule has 0 radical (unpaired) electrons. The van der Waals surface area contributed by atoms with Gasteiger partial charge in [0.2, 0.25) is 0 Å². The van der Waals surface area contributed by atoms with Crippen molar-refractivity contribution < 1.29 is 14.1 Å². The van der Waals surface area contributed by atoms with Crippen LogP contribution in [0.2, 0.25) is 0 Å². The molecule has 2 rings (SSSR count). The van der Waals surface area contributed by atoms with E-state index in [1.165, 1.54) is 42.5 Å². The van der Waals surface area contributed by atoms with Gasteiger partial charge in [-0.1, -0.05) is 12.1 Å². The van der Waals surface area contributed by atoms with Crippen LogP contribution >= 0.6 is 22.6 Å². The Balaban J connectivity index is 2.31. The van der Waals surface area contributed by atoms with E-state index in [0.717, 1.165) is 0 Å². The molecule has 1 N–H and O–H groups in total. The van der Waals surface area contributed by atoms with E-state index in [0.29, 0.717) is 9.26 Å². The molecule has 2 aromatic rings. The number of para-hydroxylation sites is 1. The highest BCUT2D eigenvalue weighted by Crippen LogP contribution is 2.22. The lowest BCUT2D eigenvalue weighted by Gasteiger charge is -2.07. The van der Waals surface area contributed by atoms with Crippen LogP contribution in [0, 0.1) is 19.5 Å². The zero-order valence-electron chi connectivity index (χ0n) is 9.97. The lowest BCUT2D eigenvalue weighted by Crippen LogP contribution is -2.14. The van der Waals surface area contributed by atoms with Gasteiger partial charge in [0.05, 0.1) is 10.6 Å². The van der Waals surface area contributed by atoms with E-state index in [9.17, 15) is 19.3 Å². The summed E-state index contributed by atoms with van der Waals surface area (Å²) in [5, 5.41) is 13.4. The van der Waals surface area contributed by atoms with Crippen molar-refractivity contribution in [3.63, 3.8) is 0 Å². The summed E-state index contributed by atoms with van der Waals surface area (Å²) in [5.41, 5.74) is 0.0786. The molecule has 0 aromatic heterocycles. The van der Waals surface area contributed by atoms with Gasteiger partial charge in [0.1, 0.15) is 11.4 Å². The number of nitro benzene ring substituents is 1. The maximum Gasteiger partial charge on any atom is 0.282 e. The van der Waals surface area contributed by atoms with Gasteiger partial charge in [-0.3, -0.25) is 14.9 Å². The summed E-state index contributed by atoms with van der Waals surface area (Å²) in [6.07, 6.45) is 0. The number of carbonyl (C=O) groups excluding carboxylic acids is 1. The molecule has 0 fully saturated rings. The standard InChI is InChI=1S/C13H8FIN2O3/c14-8-5-6-11(10(15)7-8)16-13(18)9-3-1-2-4-12(9)17(19)20/h1-7H,(H,16,18). The molecule has 20 heavy (non-hydrogen) atoms. The lowest BCUT2D eigenvalue weighted by atomic mass is 10.1. The van der Waals surface area contributed by atoms with E-state index in [1.54, 1.807) is 0 Å². The Morgan fingerprint density at radius 1 is 1.25 bits per heavy atom. The number of hydrogen-bond acceptors (Lipinski definition) is 3. The summed E-state index contributed by atoms with van der Waals surface area (Å²) in [7, 11) is 0. The summed E-state index contributed by atoms with van der Waals surface area (Å²) in [6.45, 7) is 0. The number of benzene rings is 2. The first-order valence-corrected chi connectivity index (χ1v) is 6.56. The number of hydrogen-bond donors (Lipinski definition) is 1. The molecular weight excluding hydrogens is 378 g/mol. The van der Waals surface area contributed by atoms with Gasteiger partial charge in [0.15, 0.2) is 0 Å². The molecular formula is C13H8FIN2O3. The van der Waals surface area contributed by atoms with E-state index < -0.39 is 16.6 Å². The van der Waals surface area contributed by atoms with Gasteiger partial charge >= 0.3 is 0 Å². The third-order valence-electron chi connectivity index (χ3n) is 2.52. The molecule has 0 unspecified atom stereocenters. The van der Waals surface area contributed by atoms with Crippen molar-refractivity contribution in [2.75, 3.05) is 5.32 Å². The van der Waals surface area contributed by atoms with Crippen LogP contribution in [-0.4, -0.2) is 10.8 Å². The van der Waals surface area contributed by atoms with Crippen molar-refractivity contribution in [2.45, 2.75) is 0 Å². The molecule has 0 heterocycles. The average molecular weight is 386 g/mol. The Bertz CT molecular complexity index is 691. The molecule has 0 aliphatic rings. The van der Waals surface area contributed by atoms with Crippen molar-refractivity contribution >= 4 is 39.9 Å². The first-order valence-electron chi connectivity index (χ1n) is 5.49. The maximum atomic E-state index is 13.0. The first-order chi connectivity index (χ1) is 9.49. The van der Waals surface area contributed by atoms with Gasteiger partial charge in [-0.15, -0.1) is 0 Å². The highest BCUT2D eigenvalue weighted by atomic mass is 127. The highest BCUT2D eigenvalue weighted by Gasteiger charge is 2.19. The number of carbonyl (C=O) groups is 1. The van der Waals surface area contributed by atoms with Crippen LogP contribution in [-0.2, 0) is 0 Å². The highest BCUT2D eigenvalue weighted by molar-refractivity contribution is 14.1. The molecule has 0 spiro atoms. The van der Waals surface area contributed by atoms with Crippen LogP contribution in [0.15, 0.2) is 42.5 Å². The molecule has 0 saturated heterocycles. The Kier molecular flexibility index (Phi) is 4.28. The SMILES string of the molecule is O=C(Nc1ccc(F)cc1I)c1ccccc1[N+](=O)[O-]. The molecule has 0 aliphatic heterocycles. The summed E-state index contributed by atoms with van der Waals surface area (Å²) < 4.78 is 13.5. The van der Waals surface area contributed by atoms with E-state index in [-0.39, 0.29) is 11.3 Å². The van der Waals surface area contributed by atoms with E-state index in [1.807, 2.05) is 22.6 Å². The topological polar surface area (TPSA) is 72.2 Å². The van der Waals surface area contributed by atoms with Crippen molar-refractivity contribution in [2.24, 2.45) is 0 Å². The van der Waals surface area contributed by atoms with Crippen molar-refractivity contribution in [1.82, 2.24) is 0 Å². The van der Waals surface area contributed by atoms with Crippen LogP contribution in [0.25, 0.3) is 0 Å². The zero-order chi connectivity index (χ0) is 14.7. The Morgan fingerprint density at radius 3 is 2.60 bits per heavy atom. The number of halogens is 2. The predicted octanol–water partition coefficient (Wildman–Crippen LogP) is 3.59. The minimum atomic E-state index is -0.620. The monoisotopic (exact) mass is 386 g/mol. The fraction of sp³-hybridized carbons (Fsp3) is 0. The first kappa shape index (κ1) is 14.4. The second-order valence-electron chi connectivity index (χ2n) is 3.85. The van der Waals surface area contributed by atoms with Gasteiger partial charge in [0, 0.05) is 9.64 Å². The van der Waals surface area contributed by atoms with Crippen LogP contribution in [0.4, 0.5) is 15.8 Å². The zero-order valence-corrected chi connectivity index (χ0v) is 12.1. The number of nitro groups is 1. The van der Waals surface area contributed by atoms with E-state index >= 15 is 0 Å². The second kappa shape index (κ2) is 5.95. The summed E-state index contributed by atoms with van der Waals surface area (Å²) in [6, 6.07) is 9.51. The van der Waals surface area contributed by atoms with Crippen molar-refractivity contribution in [1.29, 1.82) is 0 Å². The number of anilines is 1. The fourth-order valence-electron chi connectivity index (χ4n) is 1.61. The Labute approximate surface area is 127 Å². The molecule has 102 valence electrons. The quantitative estimate of drug-likeness (QED) is 0.498. The summed E-state index contributed by atoms with van der Waals surface area (Å²) in [5.74, 6) is -1.03. The molecule has 1 amide bonds. The van der Waals surface area contributed by atoms with Crippen LogP contribution < -0.4 is 5.32 Å². The smallest absolute Gasteiger partial charge is 0.282 e. The molecule has 0 aliphatic carbocycles. The number of nitrogens with zero attached hydrogens (tertiary/aromatic N) is 1. The van der Waals surface area contributed by atoms with E-state index in [2.05, 4.69) is 5.32 Å².